The quantitative estimate of drug-likeness (QED) is 0.614. The van der Waals surface area contributed by atoms with E-state index in [2.05, 4.69) is 26.2 Å². The fourth-order valence-electron chi connectivity index (χ4n) is 2.92. The molecule has 1 aromatic carbocycles. The molecule has 7 heteroatoms. The normalized spacial score (nSPS) is 14.4. The molecule has 2 heterocycles. The molecule has 2 aromatic rings. The Labute approximate surface area is 153 Å². The van der Waals surface area contributed by atoms with Gasteiger partial charge in [-0.1, -0.05) is 15.9 Å². The van der Waals surface area contributed by atoms with E-state index in [1.165, 1.54) is 4.90 Å². The molecule has 1 aromatic heterocycles. The third-order valence-corrected chi connectivity index (χ3v) is 4.64. The molecule has 0 spiro atoms. The fraction of sp³-hybridized carbons (Fsp3) is 0.333. The third-order valence-electron chi connectivity index (χ3n) is 4.14. The van der Waals surface area contributed by atoms with Gasteiger partial charge in [0.1, 0.15) is 0 Å². The minimum atomic E-state index is -0.187. The Morgan fingerprint density at radius 3 is 2.68 bits per heavy atom. The fourth-order valence-corrected chi connectivity index (χ4v) is 3.29. The van der Waals surface area contributed by atoms with E-state index in [4.69, 9.17) is 0 Å². The predicted octanol–water partition coefficient (Wildman–Crippen LogP) is 2.57. The van der Waals surface area contributed by atoms with E-state index in [9.17, 15) is 14.4 Å². The number of nitrogens with one attached hydrogen (secondary N) is 1. The van der Waals surface area contributed by atoms with Gasteiger partial charge < -0.3 is 5.32 Å². The Morgan fingerprint density at radius 2 is 1.96 bits per heavy atom. The zero-order valence-electron chi connectivity index (χ0n) is 13.8. The van der Waals surface area contributed by atoms with Crippen LogP contribution in [0.1, 0.15) is 35.3 Å². The Hall–Kier alpha value is -2.28. The Kier molecular flexibility index (Phi) is 5.13. The van der Waals surface area contributed by atoms with E-state index in [1.807, 2.05) is 25.1 Å². The van der Waals surface area contributed by atoms with Crippen LogP contribution in [0.15, 0.2) is 28.7 Å². The number of amides is 3. The maximum atomic E-state index is 12.5. The SMILES string of the molecule is Cc1cc(C(=O)NCCCN2C(=O)CCC2=O)c2cc(Br)ccc2n1. The van der Waals surface area contributed by atoms with Crippen molar-refractivity contribution in [1.82, 2.24) is 15.2 Å². The van der Waals surface area contributed by atoms with E-state index in [0.717, 1.165) is 21.1 Å². The molecule has 1 N–H and O–H groups in total. The molecule has 6 nitrogen and oxygen atoms in total. The summed E-state index contributed by atoms with van der Waals surface area (Å²) < 4.78 is 0.880. The second-order valence-electron chi connectivity index (χ2n) is 6.02. The van der Waals surface area contributed by atoms with Crippen molar-refractivity contribution in [2.75, 3.05) is 13.1 Å². The topological polar surface area (TPSA) is 79.4 Å². The number of imide groups is 1. The molecule has 1 aliphatic rings. The van der Waals surface area contributed by atoms with Gasteiger partial charge in [0.05, 0.1) is 11.1 Å². The highest BCUT2D eigenvalue weighted by molar-refractivity contribution is 9.10. The molecule has 1 fully saturated rings. The summed E-state index contributed by atoms with van der Waals surface area (Å²) in [7, 11) is 0. The highest BCUT2D eigenvalue weighted by Gasteiger charge is 2.27. The standard InChI is InChI=1S/C18H18BrN3O3/c1-11-9-14(13-10-12(19)3-4-15(13)21-11)18(25)20-7-2-8-22-16(23)5-6-17(22)24/h3-4,9-10H,2,5-8H2,1H3,(H,20,25). The number of likely N-dealkylation sites (tertiary alicyclic amines) is 1. The Morgan fingerprint density at radius 1 is 1.24 bits per heavy atom. The van der Waals surface area contributed by atoms with E-state index in [1.54, 1.807) is 6.07 Å². The number of fused-ring (bicyclic) bond motifs is 1. The monoisotopic (exact) mass is 403 g/mol. The van der Waals surface area contributed by atoms with Gasteiger partial charge in [0, 0.05) is 41.5 Å². The first-order valence-corrected chi connectivity index (χ1v) is 8.93. The van der Waals surface area contributed by atoms with E-state index in [-0.39, 0.29) is 17.7 Å². The van der Waals surface area contributed by atoms with Gasteiger partial charge in [0.25, 0.3) is 5.91 Å². The smallest absolute Gasteiger partial charge is 0.252 e. The van der Waals surface area contributed by atoms with Crippen molar-refractivity contribution < 1.29 is 14.4 Å². The molecule has 0 radical (unpaired) electrons. The summed E-state index contributed by atoms with van der Waals surface area (Å²) in [6, 6.07) is 7.39. The van der Waals surface area contributed by atoms with Gasteiger partial charge in [-0.15, -0.1) is 0 Å². The molecule has 1 saturated heterocycles. The summed E-state index contributed by atoms with van der Waals surface area (Å²) in [4.78, 5) is 41.4. The van der Waals surface area contributed by atoms with Crippen LogP contribution in [0.5, 0.6) is 0 Å². The van der Waals surface area contributed by atoms with Crippen molar-refractivity contribution in [3.05, 3.63) is 40.0 Å². The van der Waals surface area contributed by atoms with Crippen molar-refractivity contribution in [1.29, 1.82) is 0 Å². The summed E-state index contributed by atoms with van der Waals surface area (Å²) in [5, 5.41) is 3.64. The van der Waals surface area contributed by atoms with Gasteiger partial charge in [-0.3, -0.25) is 24.3 Å². The molecular weight excluding hydrogens is 386 g/mol. The summed E-state index contributed by atoms with van der Waals surface area (Å²) in [6.07, 6.45) is 1.12. The number of pyridine rings is 1. The number of halogens is 1. The van der Waals surface area contributed by atoms with Crippen LogP contribution in [-0.2, 0) is 9.59 Å². The van der Waals surface area contributed by atoms with Gasteiger partial charge in [-0.2, -0.15) is 0 Å². The molecule has 130 valence electrons. The molecule has 0 unspecified atom stereocenters. The number of benzene rings is 1. The van der Waals surface area contributed by atoms with Crippen LogP contribution in [-0.4, -0.2) is 40.7 Å². The summed E-state index contributed by atoms with van der Waals surface area (Å²) in [5.74, 6) is -0.443. The van der Waals surface area contributed by atoms with Gasteiger partial charge in [0.2, 0.25) is 11.8 Å². The third kappa shape index (κ3) is 3.87. The lowest BCUT2D eigenvalue weighted by Gasteiger charge is -2.14. The molecule has 25 heavy (non-hydrogen) atoms. The average molecular weight is 404 g/mol. The number of aromatic nitrogens is 1. The van der Waals surface area contributed by atoms with Crippen molar-refractivity contribution in [2.45, 2.75) is 26.2 Å². The highest BCUT2D eigenvalue weighted by Crippen LogP contribution is 2.22. The lowest BCUT2D eigenvalue weighted by atomic mass is 10.1. The average Bonchev–Trinajstić information content (AvgIpc) is 2.89. The van der Waals surface area contributed by atoms with Crippen LogP contribution in [0.2, 0.25) is 0 Å². The number of hydrogen-bond acceptors (Lipinski definition) is 4. The molecule has 0 bridgehead atoms. The Balaban J connectivity index is 1.65. The van der Waals surface area contributed by atoms with Crippen molar-refractivity contribution in [3.63, 3.8) is 0 Å². The lowest BCUT2D eigenvalue weighted by molar-refractivity contribution is -0.138. The number of carbonyl (C=O) groups is 3. The van der Waals surface area contributed by atoms with Gasteiger partial charge in [0.15, 0.2) is 0 Å². The largest absolute Gasteiger partial charge is 0.352 e. The first kappa shape index (κ1) is 17.5. The molecule has 0 saturated carbocycles. The minimum Gasteiger partial charge on any atom is -0.352 e. The predicted molar refractivity (Wildman–Crippen MR) is 97.1 cm³/mol. The first-order valence-electron chi connectivity index (χ1n) is 8.14. The van der Waals surface area contributed by atoms with E-state index in [0.29, 0.717) is 37.9 Å². The first-order chi connectivity index (χ1) is 12.0. The molecule has 3 amide bonds. The van der Waals surface area contributed by atoms with Crippen molar-refractivity contribution >= 4 is 44.6 Å². The van der Waals surface area contributed by atoms with Gasteiger partial charge in [-0.05, 0) is 37.6 Å². The van der Waals surface area contributed by atoms with Crippen LogP contribution in [0.4, 0.5) is 0 Å². The summed E-state index contributed by atoms with van der Waals surface area (Å²) in [6.45, 7) is 2.59. The molecule has 1 aliphatic heterocycles. The summed E-state index contributed by atoms with van der Waals surface area (Å²) >= 11 is 3.42. The van der Waals surface area contributed by atoms with Gasteiger partial charge >= 0.3 is 0 Å². The lowest BCUT2D eigenvalue weighted by Crippen LogP contribution is -2.33. The Bertz CT molecular complexity index is 850. The van der Waals surface area contributed by atoms with E-state index < -0.39 is 0 Å². The van der Waals surface area contributed by atoms with Crippen LogP contribution >= 0.6 is 15.9 Å². The van der Waals surface area contributed by atoms with Crippen molar-refractivity contribution in [3.8, 4) is 0 Å². The van der Waals surface area contributed by atoms with Crippen LogP contribution < -0.4 is 5.32 Å². The summed E-state index contributed by atoms with van der Waals surface area (Å²) in [5.41, 5.74) is 2.10. The zero-order valence-corrected chi connectivity index (χ0v) is 15.4. The highest BCUT2D eigenvalue weighted by atomic mass is 79.9. The number of nitrogens with zero attached hydrogens (tertiary/aromatic N) is 2. The zero-order chi connectivity index (χ0) is 18.0. The minimum absolute atomic E-state index is 0.128. The number of hydrogen-bond donors (Lipinski definition) is 1. The van der Waals surface area contributed by atoms with Crippen LogP contribution in [0.25, 0.3) is 10.9 Å². The van der Waals surface area contributed by atoms with Gasteiger partial charge in [-0.25, -0.2) is 0 Å². The maximum Gasteiger partial charge on any atom is 0.252 e. The van der Waals surface area contributed by atoms with Crippen LogP contribution in [0.3, 0.4) is 0 Å². The van der Waals surface area contributed by atoms with E-state index >= 15 is 0 Å². The number of aryl methyl sites for hydroxylation is 1. The molecule has 0 atom stereocenters. The maximum absolute atomic E-state index is 12.5. The second kappa shape index (κ2) is 7.31. The van der Waals surface area contributed by atoms with Crippen molar-refractivity contribution in [2.24, 2.45) is 0 Å². The second-order valence-corrected chi connectivity index (χ2v) is 6.94. The molecule has 0 aliphatic carbocycles. The molecule has 3 rings (SSSR count). The van der Waals surface area contributed by atoms with Crippen LogP contribution in [0, 0.1) is 6.92 Å². The number of rotatable bonds is 5. The number of carbonyl (C=O) groups excluding carboxylic acids is 3. The molecular formula is C18H18BrN3O3.